The van der Waals surface area contributed by atoms with Gasteiger partial charge in [0.05, 0.1) is 11.9 Å². The quantitative estimate of drug-likeness (QED) is 0.581. The van der Waals surface area contributed by atoms with Gasteiger partial charge in [-0.3, -0.25) is 13.9 Å². The minimum atomic E-state index is -3.98. The van der Waals surface area contributed by atoms with E-state index in [1.807, 2.05) is 52.0 Å². The molecule has 0 aliphatic heterocycles. The van der Waals surface area contributed by atoms with Crippen LogP contribution in [-0.2, 0) is 26.2 Å². The lowest BCUT2D eigenvalue weighted by molar-refractivity contribution is -0.141. The second-order valence-corrected chi connectivity index (χ2v) is 11.3. The van der Waals surface area contributed by atoms with Gasteiger partial charge in [-0.25, -0.2) is 12.8 Å². The van der Waals surface area contributed by atoms with Crippen molar-refractivity contribution in [1.29, 1.82) is 0 Å². The first-order chi connectivity index (χ1) is 15.7. The van der Waals surface area contributed by atoms with Crippen LogP contribution in [0.5, 0.6) is 0 Å². The van der Waals surface area contributed by atoms with Gasteiger partial charge in [0.15, 0.2) is 0 Å². The number of carbonyl (C=O) groups excluding carboxylic acids is 2. The number of rotatable bonds is 9. The zero-order valence-corrected chi connectivity index (χ0v) is 21.4. The molecule has 0 aromatic heterocycles. The van der Waals surface area contributed by atoms with E-state index in [0.717, 1.165) is 27.8 Å². The molecule has 186 valence electrons. The number of aryl methyl sites for hydroxylation is 1. The Morgan fingerprint density at radius 2 is 1.74 bits per heavy atom. The zero-order valence-electron chi connectivity index (χ0n) is 20.6. The van der Waals surface area contributed by atoms with Crippen molar-refractivity contribution in [2.45, 2.75) is 59.2 Å². The fourth-order valence-corrected chi connectivity index (χ4v) is 4.48. The molecule has 0 aliphatic rings. The molecule has 9 heteroatoms. The van der Waals surface area contributed by atoms with E-state index in [0.29, 0.717) is 6.42 Å². The Labute approximate surface area is 202 Å². The highest BCUT2D eigenvalue weighted by Crippen LogP contribution is 2.23. The summed E-state index contributed by atoms with van der Waals surface area (Å²) in [5.41, 5.74) is 1.04. The van der Waals surface area contributed by atoms with E-state index in [2.05, 4.69) is 5.32 Å². The molecule has 0 fully saturated rings. The van der Waals surface area contributed by atoms with Gasteiger partial charge in [0.2, 0.25) is 21.8 Å². The summed E-state index contributed by atoms with van der Waals surface area (Å²) >= 11 is 0. The van der Waals surface area contributed by atoms with Crippen LogP contribution in [0.4, 0.5) is 10.1 Å². The number of benzene rings is 2. The lowest BCUT2D eigenvalue weighted by Gasteiger charge is -2.34. The van der Waals surface area contributed by atoms with Crippen molar-refractivity contribution in [3.05, 3.63) is 65.5 Å². The summed E-state index contributed by atoms with van der Waals surface area (Å²) in [4.78, 5) is 28.0. The van der Waals surface area contributed by atoms with Gasteiger partial charge in [-0.2, -0.15) is 0 Å². The van der Waals surface area contributed by atoms with Crippen LogP contribution in [0, 0.1) is 12.7 Å². The molecular formula is C25H34FN3O4S. The van der Waals surface area contributed by atoms with Gasteiger partial charge < -0.3 is 10.2 Å². The fourth-order valence-electron chi connectivity index (χ4n) is 3.63. The molecule has 1 atom stereocenters. The molecule has 2 aromatic rings. The van der Waals surface area contributed by atoms with E-state index in [-0.39, 0.29) is 18.1 Å². The third-order valence-corrected chi connectivity index (χ3v) is 6.25. The number of para-hydroxylation sites is 1. The molecule has 1 N–H and O–H groups in total. The maximum Gasteiger partial charge on any atom is 0.244 e. The van der Waals surface area contributed by atoms with Crippen molar-refractivity contribution in [3.8, 4) is 0 Å². The largest absolute Gasteiger partial charge is 0.350 e. The van der Waals surface area contributed by atoms with Crippen molar-refractivity contribution >= 4 is 27.5 Å². The van der Waals surface area contributed by atoms with Crippen molar-refractivity contribution < 1.29 is 22.4 Å². The van der Waals surface area contributed by atoms with Crippen LogP contribution in [0.3, 0.4) is 0 Å². The van der Waals surface area contributed by atoms with Crippen LogP contribution in [0.2, 0.25) is 0 Å². The molecule has 2 aromatic carbocycles. The van der Waals surface area contributed by atoms with E-state index >= 15 is 0 Å². The number of amides is 2. The van der Waals surface area contributed by atoms with Crippen molar-refractivity contribution in [1.82, 2.24) is 10.2 Å². The van der Waals surface area contributed by atoms with Gasteiger partial charge in [0.1, 0.15) is 18.4 Å². The highest BCUT2D eigenvalue weighted by molar-refractivity contribution is 7.92. The monoisotopic (exact) mass is 491 g/mol. The smallest absolute Gasteiger partial charge is 0.244 e. The number of anilines is 1. The maximum absolute atomic E-state index is 14.5. The summed E-state index contributed by atoms with van der Waals surface area (Å²) < 4.78 is 40.2. The summed E-state index contributed by atoms with van der Waals surface area (Å²) in [5.74, 6) is -1.71. The predicted molar refractivity (Wildman–Crippen MR) is 132 cm³/mol. The molecule has 1 unspecified atom stereocenters. The summed E-state index contributed by atoms with van der Waals surface area (Å²) in [6, 6.07) is 12.1. The third-order valence-electron chi connectivity index (χ3n) is 5.12. The molecule has 34 heavy (non-hydrogen) atoms. The first-order valence-electron chi connectivity index (χ1n) is 11.1. The van der Waals surface area contributed by atoms with E-state index in [1.54, 1.807) is 6.92 Å². The molecule has 0 saturated carbocycles. The topological polar surface area (TPSA) is 86.8 Å². The molecule has 0 saturated heterocycles. The number of nitrogens with zero attached hydrogens (tertiary/aromatic N) is 2. The number of hydrogen-bond acceptors (Lipinski definition) is 4. The van der Waals surface area contributed by atoms with Crippen LogP contribution >= 0.6 is 0 Å². The highest BCUT2D eigenvalue weighted by atomic mass is 32.2. The number of sulfonamides is 1. The summed E-state index contributed by atoms with van der Waals surface area (Å²) in [6.45, 7) is 8.70. The van der Waals surface area contributed by atoms with Crippen LogP contribution in [0.25, 0.3) is 0 Å². The average molecular weight is 492 g/mol. The molecule has 0 aliphatic carbocycles. The lowest BCUT2D eigenvalue weighted by atomic mass is 10.0. The number of carbonyl (C=O) groups is 2. The lowest BCUT2D eigenvalue weighted by Crippen LogP contribution is -2.55. The Bertz CT molecular complexity index is 1130. The Balaban J connectivity index is 2.48. The number of halogens is 1. The van der Waals surface area contributed by atoms with Gasteiger partial charge in [-0.1, -0.05) is 48.9 Å². The van der Waals surface area contributed by atoms with E-state index in [9.17, 15) is 22.4 Å². The summed E-state index contributed by atoms with van der Waals surface area (Å²) in [5, 5.41) is 2.90. The summed E-state index contributed by atoms with van der Waals surface area (Å²) in [6.07, 6.45) is 1.24. The van der Waals surface area contributed by atoms with Crippen LogP contribution < -0.4 is 9.62 Å². The number of hydrogen-bond donors (Lipinski definition) is 1. The van der Waals surface area contributed by atoms with Gasteiger partial charge in [-0.05, 0) is 51.8 Å². The van der Waals surface area contributed by atoms with Crippen molar-refractivity contribution in [2.24, 2.45) is 0 Å². The Hall–Kier alpha value is -2.94. The maximum atomic E-state index is 14.5. The van der Waals surface area contributed by atoms with E-state index < -0.39 is 39.9 Å². The molecular weight excluding hydrogens is 457 g/mol. The molecule has 2 amide bonds. The van der Waals surface area contributed by atoms with Gasteiger partial charge in [0.25, 0.3) is 0 Å². The minimum absolute atomic E-state index is 0.103. The van der Waals surface area contributed by atoms with Crippen LogP contribution in [-0.4, -0.2) is 49.5 Å². The SMILES string of the molecule is CCC(C(=O)NC(C)(C)C)N(Cc1cccc(C)c1)C(=O)CN(c1ccccc1F)S(C)(=O)=O. The van der Waals surface area contributed by atoms with E-state index in [4.69, 9.17) is 0 Å². The second kappa shape index (κ2) is 11.0. The Morgan fingerprint density at radius 1 is 1.09 bits per heavy atom. The minimum Gasteiger partial charge on any atom is -0.350 e. The Kier molecular flexibility index (Phi) is 8.83. The first-order valence-corrected chi connectivity index (χ1v) is 13.0. The molecule has 0 radical (unpaired) electrons. The predicted octanol–water partition coefficient (Wildman–Crippen LogP) is 3.62. The molecule has 2 rings (SSSR count). The normalized spacial score (nSPS) is 12.7. The van der Waals surface area contributed by atoms with Gasteiger partial charge in [0, 0.05) is 12.1 Å². The van der Waals surface area contributed by atoms with Gasteiger partial charge >= 0.3 is 0 Å². The summed E-state index contributed by atoms with van der Waals surface area (Å²) in [7, 11) is -3.98. The van der Waals surface area contributed by atoms with Crippen molar-refractivity contribution in [2.75, 3.05) is 17.1 Å². The molecule has 0 spiro atoms. The number of nitrogens with one attached hydrogen (secondary N) is 1. The van der Waals surface area contributed by atoms with E-state index in [1.165, 1.54) is 23.1 Å². The second-order valence-electron chi connectivity index (χ2n) is 9.40. The third kappa shape index (κ3) is 7.55. The molecule has 7 nitrogen and oxygen atoms in total. The average Bonchev–Trinajstić information content (AvgIpc) is 2.70. The Morgan fingerprint density at radius 3 is 2.26 bits per heavy atom. The molecule has 0 bridgehead atoms. The molecule has 0 heterocycles. The van der Waals surface area contributed by atoms with Crippen molar-refractivity contribution in [3.63, 3.8) is 0 Å². The van der Waals surface area contributed by atoms with Crippen LogP contribution in [0.15, 0.2) is 48.5 Å². The van der Waals surface area contributed by atoms with Gasteiger partial charge in [-0.15, -0.1) is 0 Å². The fraction of sp³-hybridized carbons (Fsp3) is 0.440. The van der Waals surface area contributed by atoms with Crippen LogP contribution in [0.1, 0.15) is 45.2 Å². The highest BCUT2D eigenvalue weighted by Gasteiger charge is 2.33. The standard InChI is InChI=1S/C25H34FN3O4S/c1-7-21(24(31)27-25(3,4)5)28(16-19-12-10-11-18(2)15-19)23(30)17-29(34(6,32)33)22-14-9-8-13-20(22)26/h8-15,21H,7,16-17H2,1-6H3,(H,27,31). The first kappa shape index (κ1) is 27.3. The zero-order chi connectivity index (χ0) is 25.7.